The SMILES string of the molecule is CC(C)C(NC(=O)c1ccc(N)cc1F)C(=O)O. The van der Waals surface area contributed by atoms with E-state index in [2.05, 4.69) is 5.32 Å². The van der Waals surface area contributed by atoms with Gasteiger partial charge < -0.3 is 16.2 Å². The second-order valence-electron chi connectivity index (χ2n) is 4.27. The van der Waals surface area contributed by atoms with Crippen molar-refractivity contribution in [3.05, 3.63) is 29.6 Å². The molecule has 1 aromatic carbocycles. The third kappa shape index (κ3) is 3.19. The van der Waals surface area contributed by atoms with Gasteiger partial charge in [0.1, 0.15) is 11.9 Å². The molecular weight excluding hydrogens is 239 g/mol. The van der Waals surface area contributed by atoms with E-state index in [9.17, 15) is 14.0 Å². The van der Waals surface area contributed by atoms with Gasteiger partial charge in [0.2, 0.25) is 0 Å². The lowest BCUT2D eigenvalue weighted by Crippen LogP contribution is -2.44. The summed E-state index contributed by atoms with van der Waals surface area (Å²) in [4.78, 5) is 22.7. The van der Waals surface area contributed by atoms with E-state index in [0.29, 0.717) is 0 Å². The van der Waals surface area contributed by atoms with E-state index in [1.807, 2.05) is 0 Å². The average molecular weight is 254 g/mol. The van der Waals surface area contributed by atoms with Gasteiger partial charge in [-0.3, -0.25) is 4.79 Å². The molecule has 0 aliphatic rings. The number of anilines is 1. The fourth-order valence-corrected chi connectivity index (χ4v) is 1.45. The number of amides is 1. The highest BCUT2D eigenvalue weighted by atomic mass is 19.1. The van der Waals surface area contributed by atoms with E-state index in [1.165, 1.54) is 12.1 Å². The number of nitrogens with one attached hydrogen (secondary N) is 1. The summed E-state index contributed by atoms with van der Waals surface area (Å²) in [7, 11) is 0. The molecule has 0 fully saturated rings. The van der Waals surface area contributed by atoms with Gasteiger partial charge in [-0.1, -0.05) is 13.8 Å². The number of carbonyl (C=O) groups excluding carboxylic acids is 1. The molecule has 6 heteroatoms. The number of nitrogens with two attached hydrogens (primary N) is 1. The van der Waals surface area contributed by atoms with Crippen molar-refractivity contribution in [3.8, 4) is 0 Å². The zero-order chi connectivity index (χ0) is 13.9. The molecule has 0 aliphatic carbocycles. The van der Waals surface area contributed by atoms with E-state index in [1.54, 1.807) is 13.8 Å². The normalized spacial score (nSPS) is 12.2. The first kappa shape index (κ1) is 14.0. The molecule has 0 heterocycles. The highest BCUT2D eigenvalue weighted by molar-refractivity contribution is 5.97. The highest BCUT2D eigenvalue weighted by Crippen LogP contribution is 2.12. The van der Waals surface area contributed by atoms with Crippen LogP contribution in [0.4, 0.5) is 10.1 Å². The maximum atomic E-state index is 13.5. The van der Waals surface area contributed by atoms with Crippen molar-refractivity contribution in [1.82, 2.24) is 5.32 Å². The minimum absolute atomic E-state index is 0.197. The lowest BCUT2D eigenvalue weighted by molar-refractivity contribution is -0.140. The minimum Gasteiger partial charge on any atom is -0.480 e. The Morgan fingerprint density at radius 3 is 2.44 bits per heavy atom. The van der Waals surface area contributed by atoms with E-state index < -0.39 is 23.7 Å². The second kappa shape index (κ2) is 5.48. The fourth-order valence-electron chi connectivity index (χ4n) is 1.45. The van der Waals surface area contributed by atoms with Crippen LogP contribution in [0, 0.1) is 11.7 Å². The molecule has 0 spiro atoms. The number of carboxylic acid groups (broad SMARTS) is 1. The zero-order valence-electron chi connectivity index (χ0n) is 10.1. The van der Waals surface area contributed by atoms with Crippen LogP contribution in [0.5, 0.6) is 0 Å². The van der Waals surface area contributed by atoms with Gasteiger partial charge in [-0.25, -0.2) is 9.18 Å². The molecule has 1 atom stereocenters. The van der Waals surface area contributed by atoms with E-state index in [4.69, 9.17) is 10.8 Å². The summed E-state index contributed by atoms with van der Waals surface area (Å²) in [6.45, 7) is 3.30. The molecule has 1 rings (SSSR count). The van der Waals surface area contributed by atoms with Gasteiger partial charge in [-0.15, -0.1) is 0 Å². The van der Waals surface area contributed by atoms with Crippen LogP contribution in [0.1, 0.15) is 24.2 Å². The van der Waals surface area contributed by atoms with Crippen LogP contribution in [0.3, 0.4) is 0 Å². The molecule has 4 N–H and O–H groups in total. The Bertz CT molecular complexity index is 474. The molecule has 0 saturated carbocycles. The Balaban J connectivity index is 2.91. The van der Waals surface area contributed by atoms with E-state index >= 15 is 0 Å². The van der Waals surface area contributed by atoms with Crippen molar-refractivity contribution in [2.24, 2.45) is 5.92 Å². The lowest BCUT2D eigenvalue weighted by atomic mass is 10.0. The Hall–Kier alpha value is -2.11. The first-order valence-corrected chi connectivity index (χ1v) is 5.41. The summed E-state index contributed by atoms with van der Waals surface area (Å²) >= 11 is 0. The first-order chi connectivity index (χ1) is 8.32. The van der Waals surface area contributed by atoms with Gasteiger partial charge in [0.05, 0.1) is 5.56 Å². The van der Waals surface area contributed by atoms with Crippen LogP contribution in [0.15, 0.2) is 18.2 Å². The number of carboxylic acids is 1. The summed E-state index contributed by atoms with van der Waals surface area (Å²) in [6.07, 6.45) is 0. The van der Waals surface area contributed by atoms with Gasteiger partial charge in [0.15, 0.2) is 0 Å². The van der Waals surface area contributed by atoms with Crippen molar-refractivity contribution >= 4 is 17.6 Å². The number of hydrogen-bond acceptors (Lipinski definition) is 3. The number of aliphatic carboxylic acids is 1. The first-order valence-electron chi connectivity index (χ1n) is 5.41. The number of nitrogen functional groups attached to an aromatic ring is 1. The molecule has 98 valence electrons. The molecule has 5 nitrogen and oxygen atoms in total. The molecule has 0 radical (unpaired) electrons. The van der Waals surface area contributed by atoms with Crippen molar-refractivity contribution in [2.45, 2.75) is 19.9 Å². The summed E-state index contributed by atoms with van der Waals surface area (Å²) in [5, 5.41) is 11.2. The predicted octanol–water partition coefficient (Wildman–Crippen LogP) is 1.25. The van der Waals surface area contributed by atoms with Crippen molar-refractivity contribution in [1.29, 1.82) is 0 Å². The summed E-state index contributed by atoms with van der Waals surface area (Å²) in [5.74, 6) is -3.01. The third-order valence-electron chi connectivity index (χ3n) is 2.46. The molecule has 0 bridgehead atoms. The zero-order valence-corrected chi connectivity index (χ0v) is 10.1. The van der Waals surface area contributed by atoms with Gasteiger partial charge in [0.25, 0.3) is 5.91 Å². The van der Waals surface area contributed by atoms with Crippen LogP contribution >= 0.6 is 0 Å². The van der Waals surface area contributed by atoms with E-state index in [0.717, 1.165) is 6.07 Å². The molecular formula is C12H15FN2O3. The van der Waals surface area contributed by atoms with Crippen molar-refractivity contribution in [3.63, 3.8) is 0 Å². The van der Waals surface area contributed by atoms with E-state index in [-0.39, 0.29) is 17.2 Å². The summed E-state index contributed by atoms with van der Waals surface area (Å²) in [5.41, 5.74) is 5.33. The van der Waals surface area contributed by atoms with Crippen LogP contribution in [0.25, 0.3) is 0 Å². The number of rotatable bonds is 4. The maximum absolute atomic E-state index is 13.5. The summed E-state index contributed by atoms with van der Waals surface area (Å²) in [6, 6.07) is 2.55. The number of hydrogen-bond donors (Lipinski definition) is 3. The van der Waals surface area contributed by atoms with Crippen molar-refractivity contribution < 1.29 is 19.1 Å². The Kier molecular flexibility index (Phi) is 4.25. The molecule has 18 heavy (non-hydrogen) atoms. The monoisotopic (exact) mass is 254 g/mol. The van der Waals surface area contributed by atoms with Crippen molar-refractivity contribution in [2.75, 3.05) is 5.73 Å². The molecule has 1 aromatic rings. The average Bonchev–Trinajstić information content (AvgIpc) is 2.24. The molecule has 0 saturated heterocycles. The van der Waals surface area contributed by atoms with Gasteiger partial charge in [-0.2, -0.15) is 0 Å². The van der Waals surface area contributed by atoms with Gasteiger partial charge >= 0.3 is 5.97 Å². The molecule has 1 amide bonds. The second-order valence-corrected chi connectivity index (χ2v) is 4.27. The van der Waals surface area contributed by atoms with Gasteiger partial charge in [-0.05, 0) is 24.1 Å². The number of halogens is 1. The van der Waals surface area contributed by atoms with Crippen LogP contribution in [0.2, 0.25) is 0 Å². The number of benzene rings is 1. The fraction of sp³-hybridized carbons (Fsp3) is 0.333. The molecule has 1 unspecified atom stereocenters. The third-order valence-corrected chi connectivity index (χ3v) is 2.46. The largest absolute Gasteiger partial charge is 0.480 e. The van der Waals surface area contributed by atoms with Crippen LogP contribution in [-0.4, -0.2) is 23.0 Å². The Morgan fingerprint density at radius 2 is 2.00 bits per heavy atom. The summed E-state index contributed by atoms with van der Waals surface area (Å²) < 4.78 is 13.5. The van der Waals surface area contributed by atoms with Crippen LogP contribution < -0.4 is 11.1 Å². The molecule has 0 aromatic heterocycles. The maximum Gasteiger partial charge on any atom is 0.326 e. The highest BCUT2D eigenvalue weighted by Gasteiger charge is 2.25. The Morgan fingerprint density at radius 1 is 1.39 bits per heavy atom. The molecule has 0 aliphatic heterocycles. The smallest absolute Gasteiger partial charge is 0.326 e. The van der Waals surface area contributed by atoms with Crippen LogP contribution in [-0.2, 0) is 4.79 Å². The quantitative estimate of drug-likeness (QED) is 0.705. The minimum atomic E-state index is -1.16. The van der Waals surface area contributed by atoms with Gasteiger partial charge in [0, 0.05) is 5.69 Å². The lowest BCUT2D eigenvalue weighted by Gasteiger charge is -2.18. The topological polar surface area (TPSA) is 92.4 Å². The Labute approximate surface area is 104 Å². The number of carbonyl (C=O) groups is 2. The predicted molar refractivity (Wildman–Crippen MR) is 64.5 cm³/mol. The standard InChI is InChI=1S/C12H15FN2O3/c1-6(2)10(12(17)18)15-11(16)8-4-3-7(14)5-9(8)13/h3-6,10H,14H2,1-2H3,(H,15,16)(H,17,18).